The van der Waals surface area contributed by atoms with Crippen molar-refractivity contribution in [2.75, 3.05) is 32.7 Å². The number of nitrogens with zero attached hydrogens (tertiary/aromatic N) is 3. The minimum Gasteiger partial charge on any atom is -0.347 e. The minimum atomic E-state index is -0.124. The molecule has 1 aromatic heterocycles. The summed E-state index contributed by atoms with van der Waals surface area (Å²) in [7, 11) is 0. The first-order chi connectivity index (χ1) is 12.7. The van der Waals surface area contributed by atoms with Crippen LogP contribution in [0.15, 0.2) is 54.9 Å². The molecule has 1 aromatic carbocycles. The van der Waals surface area contributed by atoms with Gasteiger partial charge in [-0.2, -0.15) is 0 Å². The number of benzene rings is 1. The van der Waals surface area contributed by atoms with Gasteiger partial charge >= 0.3 is 0 Å². The topological polar surface area (TPSA) is 65.5 Å². The van der Waals surface area contributed by atoms with Crippen molar-refractivity contribution in [3.05, 3.63) is 66.0 Å². The molecule has 0 bridgehead atoms. The Labute approximate surface area is 153 Å². The van der Waals surface area contributed by atoms with Crippen LogP contribution < -0.4 is 5.32 Å². The molecule has 2 aromatic rings. The molecule has 1 fully saturated rings. The van der Waals surface area contributed by atoms with Crippen molar-refractivity contribution in [1.82, 2.24) is 20.1 Å². The van der Waals surface area contributed by atoms with Crippen LogP contribution in [0.5, 0.6) is 0 Å². The molecule has 136 valence electrons. The highest BCUT2D eigenvalue weighted by Crippen LogP contribution is 2.08. The predicted molar refractivity (Wildman–Crippen MR) is 99.2 cm³/mol. The molecule has 2 amide bonds. The van der Waals surface area contributed by atoms with Gasteiger partial charge in [-0.15, -0.1) is 0 Å². The van der Waals surface area contributed by atoms with Gasteiger partial charge in [-0.05, 0) is 23.3 Å². The molecule has 0 unspecified atom stereocenters. The molecule has 6 heteroatoms. The Morgan fingerprint density at radius 3 is 2.31 bits per heavy atom. The van der Waals surface area contributed by atoms with Crippen molar-refractivity contribution in [3.8, 4) is 0 Å². The smallest absolute Gasteiger partial charge is 0.242 e. The lowest BCUT2D eigenvalue weighted by Gasteiger charge is -2.34. The Morgan fingerprint density at radius 1 is 0.923 bits per heavy atom. The molecule has 1 aliphatic heterocycles. The molecule has 1 aliphatic rings. The van der Waals surface area contributed by atoms with Crippen LogP contribution in [0.25, 0.3) is 0 Å². The van der Waals surface area contributed by atoms with Crippen LogP contribution in [-0.4, -0.2) is 59.3 Å². The zero-order valence-corrected chi connectivity index (χ0v) is 14.8. The van der Waals surface area contributed by atoms with Crippen molar-refractivity contribution >= 4 is 11.8 Å². The summed E-state index contributed by atoms with van der Waals surface area (Å²) in [4.78, 5) is 32.4. The normalized spacial score (nSPS) is 14.8. The van der Waals surface area contributed by atoms with Gasteiger partial charge in [0.2, 0.25) is 11.8 Å². The zero-order chi connectivity index (χ0) is 18.2. The van der Waals surface area contributed by atoms with E-state index in [-0.39, 0.29) is 18.4 Å². The Hall–Kier alpha value is -2.73. The molecule has 0 radical (unpaired) electrons. The van der Waals surface area contributed by atoms with Gasteiger partial charge in [-0.1, -0.05) is 30.3 Å². The van der Waals surface area contributed by atoms with Crippen molar-refractivity contribution in [3.63, 3.8) is 0 Å². The van der Waals surface area contributed by atoms with Crippen LogP contribution in [0, 0.1) is 0 Å². The summed E-state index contributed by atoms with van der Waals surface area (Å²) in [5, 5.41) is 2.73. The second-order valence-electron chi connectivity index (χ2n) is 6.45. The van der Waals surface area contributed by atoms with E-state index >= 15 is 0 Å². The number of pyridine rings is 1. The third-order valence-corrected chi connectivity index (χ3v) is 4.52. The Balaban J connectivity index is 1.37. The van der Waals surface area contributed by atoms with Crippen molar-refractivity contribution in [2.45, 2.75) is 13.0 Å². The molecule has 0 aliphatic carbocycles. The van der Waals surface area contributed by atoms with Crippen molar-refractivity contribution in [2.24, 2.45) is 0 Å². The van der Waals surface area contributed by atoms with Gasteiger partial charge in [0.05, 0.1) is 13.0 Å². The quantitative estimate of drug-likeness (QED) is 0.845. The molecular weight excluding hydrogens is 328 g/mol. The van der Waals surface area contributed by atoms with Crippen molar-refractivity contribution < 1.29 is 9.59 Å². The van der Waals surface area contributed by atoms with E-state index in [9.17, 15) is 9.59 Å². The van der Waals surface area contributed by atoms with E-state index in [1.54, 1.807) is 12.4 Å². The SMILES string of the molecule is O=C(Cc1ccccc1)NCC(=O)N1CCN(Cc2ccncc2)CC1. The summed E-state index contributed by atoms with van der Waals surface area (Å²) in [5.41, 5.74) is 2.18. The number of hydrogen-bond acceptors (Lipinski definition) is 4. The first kappa shape index (κ1) is 18.1. The second kappa shape index (κ2) is 9.10. The van der Waals surface area contributed by atoms with E-state index in [4.69, 9.17) is 0 Å². The van der Waals surface area contributed by atoms with Gasteiger partial charge < -0.3 is 10.2 Å². The summed E-state index contributed by atoms with van der Waals surface area (Å²) in [6, 6.07) is 13.6. The van der Waals surface area contributed by atoms with Crippen LogP contribution in [0.1, 0.15) is 11.1 Å². The number of nitrogens with one attached hydrogen (secondary N) is 1. The first-order valence-corrected chi connectivity index (χ1v) is 8.90. The summed E-state index contributed by atoms with van der Waals surface area (Å²) >= 11 is 0. The number of hydrogen-bond donors (Lipinski definition) is 1. The Bertz CT molecular complexity index is 713. The van der Waals surface area contributed by atoms with Crippen molar-refractivity contribution in [1.29, 1.82) is 0 Å². The number of aromatic nitrogens is 1. The molecule has 26 heavy (non-hydrogen) atoms. The number of carbonyl (C=O) groups excluding carboxylic acids is 2. The Morgan fingerprint density at radius 2 is 1.62 bits per heavy atom. The highest BCUT2D eigenvalue weighted by atomic mass is 16.2. The Kier molecular flexibility index (Phi) is 6.33. The molecule has 1 N–H and O–H groups in total. The lowest BCUT2D eigenvalue weighted by Crippen LogP contribution is -2.50. The molecule has 6 nitrogen and oxygen atoms in total. The molecule has 0 saturated carbocycles. The van der Waals surface area contributed by atoms with Crippen LogP contribution in [0.2, 0.25) is 0 Å². The number of carbonyl (C=O) groups is 2. The minimum absolute atomic E-state index is 0.0185. The molecular formula is C20H24N4O2. The van der Waals surface area contributed by atoms with Gasteiger partial charge in [0.1, 0.15) is 0 Å². The van der Waals surface area contributed by atoms with Gasteiger partial charge in [0.15, 0.2) is 0 Å². The average Bonchev–Trinajstić information content (AvgIpc) is 2.68. The second-order valence-corrected chi connectivity index (χ2v) is 6.45. The number of amides is 2. The van der Waals surface area contributed by atoms with Gasteiger partial charge in [0, 0.05) is 45.1 Å². The van der Waals surface area contributed by atoms with Crippen LogP contribution >= 0.6 is 0 Å². The number of piperazine rings is 1. The van der Waals surface area contributed by atoms with E-state index in [2.05, 4.69) is 15.2 Å². The maximum absolute atomic E-state index is 12.3. The largest absolute Gasteiger partial charge is 0.347 e. The van der Waals surface area contributed by atoms with E-state index < -0.39 is 0 Å². The van der Waals surface area contributed by atoms with E-state index in [0.29, 0.717) is 19.5 Å². The van der Waals surface area contributed by atoms with Gasteiger partial charge in [-0.25, -0.2) is 0 Å². The van der Waals surface area contributed by atoms with Crippen LogP contribution in [0.4, 0.5) is 0 Å². The van der Waals surface area contributed by atoms with E-state index in [1.807, 2.05) is 47.4 Å². The average molecular weight is 352 g/mol. The monoisotopic (exact) mass is 352 g/mol. The summed E-state index contributed by atoms with van der Waals surface area (Å²) in [5.74, 6) is -0.143. The summed E-state index contributed by atoms with van der Waals surface area (Å²) in [6.45, 7) is 4.00. The zero-order valence-electron chi connectivity index (χ0n) is 14.8. The highest BCUT2D eigenvalue weighted by Gasteiger charge is 2.21. The fraction of sp³-hybridized carbons (Fsp3) is 0.350. The maximum atomic E-state index is 12.3. The molecule has 3 rings (SSSR count). The molecule has 1 saturated heterocycles. The summed E-state index contributed by atoms with van der Waals surface area (Å²) in [6.07, 6.45) is 3.90. The highest BCUT2D eigenvalue weighted by molar-refractivity contribution is 5.85. The van der Waals surface area contributed by atoms with Crippen LogP contribution in [0.3, 0.4) is 0 Å². The number of rotatable bonds is 6. The molecule has 0 atom stereocenters. The van der Waals surface area contributed by atoms with Gasteiger partial charge in [0.25, 0.3) is 0 Å². The lowest BCUT2D eigenvalue weighted by molar-refractivity contribution is -0.134. The third-order valence-electron chi connectivity index (χ3n) is 4.52. The third kappa shape index (κ3) is 5.39. The van der Waals surface area contributed by atoms with Crippen LogP contribution in [-0.2, 0) is 22.6 Å². The fourth-order valence-electron chi connectivity index (χ4n) is 3.03. The van der Waals surface area contributed by atoms with E-state index in [1.165, 1.54) is 5.56 Å². The molecule has 0 spiro atoms. The van der Waals surface area contributed by atoms with E-state index in [0.717, 1.165) is 25.2 Å². The fourth-order valence-corrected chi connectivity index (χ4v) is 3.03. The standard InChI is InChI=1S/C20H24N4O2/c25-19(14-17-4-2-1-3-5-17)22-15-20(26)24-12-10-23(11-13-24)16-18-6-8-21-9-7-18/h1-9H,10-16H2,(H,22,25). The van der Waals surface area contributed by atoms with Gasteiger partial charge in [-0.3, -0.25) is 19.5 Å². The first-order valence-electron chi connectivity index (χ1n) is 8.90. The molecule has 2 heterocycles. The maximum Gasteiger partial charge on any atom is 0.242 e. The lowest BCUT2D eigenvalue weighted by atomic mass is 10.1. The summed E-state index contributed by atoms with van der Waals surface area (Å²) < 4.78 is 0. The predicted octanol–water partition coefficient (Wildman–Crippen LogP) is 1.08.